The van der Waals surface area contributed by atoms with Crippen molar-refractivity contribution in [1.29, 1.82) is 0 Å². The van der Waals surface area contributed by atoms with Gasteiger partial charge in [-0.15, -0.1) is 0 Å². The molecule has 0 bridgehead atoms. The van der Waals surface area contributed by atoms with Crippen LogP contribution in [0.2, 0.25) is 0 Å². The monoisotopic (exact) mass is 230 g/mol. The maximum Gasteiger partial charge on any atom is 0.323 e. The number of hydrogen-bond acceptors (Lipinski definition) is 4. The number of carbonyl (C=O) groups is 2. The maximum atomic E-state index is 11.8. The summed E-state index contributed by atoms with van der Waals surface area (Å²) in [6, 6.07) is 0. The minimum atomic E-state index is -1.45. The van der Waals surface area contributed by atoms with Crippen molar-refractivity contribution in [3.63, 3.8) is 0 Å². The minimum Gasteiger partial charge on any atom is -0.480 e. The van der Waals surface area contributed by atoms with Gasteiger partial charge in [-0.25, -0.2) is 0 Å². The van der Waals surface area contributed by atoms with Crippen molar-refractivity contribution in [2.24, 2.45) is 5.41 Å². The molecule has 1 aliphatic heterocycles. The van der Waals surface area contributed by atoms with E-state index in [0.29, 0.717) is 0 Å². The highest BCUT2D eigenvalue weighted by Crippen LogP contribution is 2.40. The van der Waals surface area contributed by atoms with Crippen LogP contribution in [0.5, 0.6) is 0 Å². The van der Waals surface area contributed by atoms with Crippen LogP contribution in [0.25, 0.3) is 0 Å². The van der Waals surface area contributed by atoms with Crippen molar-refractivity contribution in [3.8, 4) is 0 Å². The molecule has 0 aromatic heterocycles. The summed E-state index contributed by atoms with van der Waals surface area (Å²) < 4.78 is 10.3. The zero-order chi connectivity index (χ0) is 12.4. The molecule has 0 aromatic carbocycles. The number of carboxylic acids is 1. The molecule has 0 saturated carbocycles. The summed E-state index contributed by atoms with van der Waals surface area (Å²) in [5, 5.41) is 9.26. The molecule has 0 radical (unpaired) electrons. The molecular weight excluding hydrogens is 212 g/mol. The van der Waals surface area contributed by atoms with Crippen LogP contribution < -0.4 is 0 Å². The first-order valence-corrected chi connectivity index (χ1v) is 5.39. The van der Waals surface area contributed by atoms with E-state index >= 15 is 0 Å². The summed E-state index contributed by atoms with van der Waals surface area (Å²) in [5.74, 6) is -1.78. The highest BCUT2D eigenvalue weighted by molar-refractivity contribution is 5.99. The molecule has 1 atom stereocenters. The predicted octanol–water partition coefficient (Wildman–Crippen LogP) is 1.21. The summed E-state index contributed by atoms with van der Waals surface area (Å²) in [6.07, 6.45) is 0.318. The largest absolute Gasteiger partial charge is 0.480 e. The lowest BCUT2D eigenvalue weighted by molar-refractivity contribution is -0.186. The molecule has 1 fully saturated rings. The minimum absolute atomic E-state index is 0.147. The second kappa shape index (κ2) is 4.41. The lowest BCUT2D eigenvalue weighted by Crippen LogP contribution is -2.51. The van der Waals surface area contributed by atoms with E-state index in [4.69, 9.17) is 9.47 Å². The van der Waals surface area contributed by atoms with Crippen LogP contribution in [0.1, 0.15) is 33.6 Å². The number of rotatable bonds is 3. The SMILES string of the molecule is CCOC(=O)C1(C(=O)O)CCOC(C)(C)C1. The molecule has 1 unspecified atom stereocenters. The van der Waals surface area contributed by atoms with E-state index in [1.807, 2.05) is 0 Å². The Morgan fingerprint density at radius 1 is 1.44 bits per heavy atom. The van der Waals surface area contributed by atoms with Crippen LogP contribution in [0.3, 0.4) is 0 Å². The summed E-state index contributed by atoms with van der Waals surface area (Å²) >= 11 is 0. The average molecular weight is 230 g/mol. The van der Waals surface area contributed by atoms with Gasteiger partial charge >= 0.3 is 11.9 Å². The molecule has 5 nitrogen and oxygen atoms in total. The number of ether oxygens (including phenoxy) is 2. The van der Waals surface area contributed by atoms with Crippen molar-refractivity contribution in [2.45, 2.75) is 39.2 Å². The standard InChI is InChI=1S/C11H18O5/c1-4-15-9(14)11(8(12)13)5-6-16-10(2,3)7-11/h4-7H2,1-3H3,(H,12,13). The highest BCUT2D eigenvalue weighted by Gasteiger charge is 2.53. The Kier molecular flexibility index (Phi) is 3.57. The smallest absolute Gasteiger partial charge is 0.323 e. The van der Waals surface area contributed by atoms with Gasteiger partial charge in [0.15, 0.2) is 5.41 Å². The molecule has 92 valence electrons. The Bertz CT molecular complexity index is 297. The Morgan fingerprint density at radius 2 is 2.06 bits per heavy atom. The van der Waals surface area contributed by atoms with Crippen LogP contribution in [-0.2, 0) is 19.1 Å². The lowest BCUT2D eigenvalue weighted by atomic mass is 9.74. The van der Waals surface area contributed by atoms with Gasteiger partial charge in [0.2, 0.25) is 0 Å². The Balaban J connectivity index is 2.97. The second-order valence-electron chi connectivity index (χ2n) is 4.64. The Hall–Kier alpha value is -1.10. The van der Waals surface area contributed by atoms with Gasteiger partial charge in [-0.05, 0) is 27.2 Å². The molecule has 0 spiro atoms. The first-order valence-electron chi connectivity index (χ1n) is 5.39. The first kappa shape index (κ1) is 13.0. The maximum absolute atomic E-state index is 11.8. The van der Waals surface area contributed by atoms with E-state index in [1.54, 1.807) is 20.8 Å². The molecule has 0 aromatic rings. The first-order chi connectivity index (χ1) is 7.34. The van der Waals surface area contributed by atoms with Crippen molar-refractivity contribution in [3.05, 3.63) is 0 Å². The van der Waals surface area contributed by atoms with E-state index in [2.05, 4.69) is 0 Å². The number of carbonyl (C=O) groups excluding carboxylic acids is 1. The molecule has 1 saturated heterocycles. The molecular formula is C11H18O5. The van der Waals surface area contributed by atoms with Crippen LogP contribution >= 0.6 is 0 Å². The zero-order valence-corrected chi connectivity index (χ0v) is 9.91. The molecule has 5 heteroatoms. The van der Waals surface area contributed by atoms with Gasteiger partial charge in [-0.2, -0.15) is 0 Å². The number of hydrogen-bond donors (Lipinski definition) is 1. The third-order valence-electron chi connectivity index (χ3n) is 2.82. The van der Waals surface area contributed by atoms with Gasteiger partial charge < -0.3 is 14.6 Å². The van der Waals surface area contributed by atoms with Gasteiger partial charge in [-0.1, -0.05) is 0 Å². The Morgan fingerprint density at radius 3 is 2.50 bits per heavy atom. The van der Waals surface area contributed by atoms with Crippen molar-refractivity contribution >= 4 is 11.9 Å². The quantitative estimate of drug-likeness (QED) is 0.582. The molecule has 0 amide bonds. The van der Waals surface area contributed by atoms with Crippen LogP contribution in [0, 0.1) is 5.41 Å². The van der Waals surface area contributed by atoms with Crippen molar-refractivity contribution in [2.75, 3.05) is 13.2 Å². The van der Waals surface area contributed by atoms with Crippen molar-refractivity contribution < 1.29 is 24.2 Å². The molecule has 1 aliphatic rings. The van der Waals surface area contributed by atoms with Gasteiger partial charge in [0.05, 0.1) is 12.2 Å². The fraction of sp³-hybridized carbons (Fsp3) is 0.818. The topological polar surface area (TPSA) is 72.8 Å². The summed E-state index contributed by atoms with van der Waals surface area (Å²) in [5.41, 5.74) is -2.05. The van der Waals surface area contributed by atoms with Gasteiger partial charge in [0.1, 0.15) is 0 Å². The van der Waals surface area contributed by atoms with E-state index in [9.17, 15) is 14.7 Å². The third kappa shape index (κ3) is 2.35. The highest BCUT2D eigenvalue weighted by atomic mass is 16.5. The summed E-state index contributed by atoms with van der Waals surface area (Å²) in [6.45, 7) is 5.68. The fourth-order valence-corrected chi connectivity index (χ4v) is 2.08. The Labute approximate surface area is 94.7 Å². The number of esters is 1. The number of aliphatic carboxylic acids is 1. The molecule has 1 N–H and O–H groups in total. The van der Waals surface area contributed by atoms with Crippen LogP contribution in [-0.4, -0.2) is 35.9 Å². The van der Waals surface area contributed by atoms with E-state index < -0.39 is 23.0 Å². The molecule has 1 rings (SSSR count). The molecule has 1 heterocycles. The summed E-state index contributed by atoms with van der Waals surface area (Å²) in [4.78, 5) is 23.1. The molecule has 0 aliphatic carbocycles. The van der Waals surface area contributed by atoms with Gasteiger partial charge in [-0.3, -0.25) is 9.59 Å². The van der Waals surface area contributed by atoms with Crippen LogP contribution in [0.4, 0.5) is 0 Å². The lowest BCUT2D eigenvalue weighted by Gasteiger charge is -2.40. The van der Waals surface area contributed by atoms with Gasteiger partial charge in [0.25, 0.3) is 0 Å². The van der Waals surface area contributed by atoms with E-state index in [-0.39, 0.29) is 26.1 Å². The second-order valence-corrected chi connectivity index (χ2v) is 4.64. The zero-order valence-electron chi connectivity index (χ0n) is 9.91. The van der Waals surface area contributed by atoms with Gasteiger partial charge in [0, 0.05) is 13.0 Å². The normalized spacial score (nSPS) is 28.4. The third-order valence-corrected chi connectivity index (χ3v) is 2.82. The fourth-order valence-electron chi connectivity index (χ4n) is 2.08. The van der Waals surface area contributed by atoms with Crippen LogP contribution in [0.15, 0.2) is 0 Å². The predicted molar refractivity (Wildman–Crippen MR) is 56.0 cm³/mol. The van der Waals surface area contributed by atoms with Crippen molar-refractivity contribution in [1.82, 2.24) is 0 Å². The molecule has 16 heavy (non-hydrogen) atoms. The van der Waals surface area contributed by atoms with E-state index in [0.717, 1.165) is 0 Å². The average Bonchev–Trinajstić information content (AvgIpc) is 2.16. The summed E-state index contributed by atoms with van der Waals surface area (Å²) in [7, 11) is 0. The number of carboxylic acid groups (broad SMARTS) is 1. The van der Waals surface area contributed by atoms with E-state index in [1.165, 1.54) is 0 Å².